The van der Waals surface area contributed by atoms with Crippen LogP contribution in [-0.2, 0) is 0 Å². The lowest BCUT2D eigenvalue weighted by Crippen LogP contribution is -1.40. The molecule has 0 spiro atoms. The molecule has 0 aliphatic carbocycles. The number of allylic oxidation sites excluding steroid dienone is 1. The zero-order chi connectivity index (χ0) is 4.28. The summed E-state index contributed by atoms with van der Waals surface area (Å²) >= 11 is 4.29. The van der Waals surface area contributed by atoms with E-state index in [1.807, 2.05) is 4.08 Å². The van der Waals surface area contributed by atoms with Crippen LogP contribution in [0.3, 0.4) is 0 Å². The SMILES string of the molecule is [CH2]/C(I)=C/I. The molecule has 0 N–H and O–H groups in total. The van der Waals surface area contributed by atoms with E-state index in [2.05, 4.69) is 52.1 Å². The Labute approximate surface area is 59.3 Å². The highest BCUT2D eigenvalue weighted by atomic mass is 127. The fraction of sp³-hybridized carbons (Fsp3) is 0. The number of hydrogen-bond donors (Lipinski definition) is 0. The van der Waals surface area contributed by atoms with Crippen molar-refractivity contribution in [3.63, 3.8) is 0 Å². The fourth-order valence-corrected chi connectivity index (χ4v) is 0. The fourth-order valence-electron chi connectivity index (χ4n) is 0. The molecule has 0 rings (SSSR count). The molecule has 0 amide bonds. The van der Waals surface area contributed by atoms with Gasteiger partial charge in [0.1, 0.15) is 0 Å². The summed E-state index contributed by atoms with van der Waals surface area (Å²) in [5, 5.41) is 0. The van der Waals surface area contributed by atoms with Gasteiger partial charge in [-0.15, -0.1) is 0 Å². The van der Waals surface area contributed by atoms with Crippen LogP contribution < -0.4 is 0 Å². The summed E-state index contributed by atoms with van der Waals surface area (Å²) in [4.78, 5) is 0. The van der Waals surface area contributed by atoms with E-state index in [1.54, 1.807) is 0 Å². The third-order valence-corrected chi connectivity index (χ3v) is 2.37. The van der Waals surface area contributed by atoms with E-state index >= 15 is 0 Å². The van der Waals surface area contributed by atoms with Crippen molar-refractivity contribution in [2.24, 2.45) is 0 Å². The Morgan fingerprint density at radius 2 is 2.00 bits per heavy atom. The van der Waals surface area contributed by atoms with Gasteiger partial charge in [0.15, 0.2) is 0 Å². The lowest BCUT2D eigenvalue weighted by atomic mass is 10.8. The molecule has 0 aliphatic rings. The third kappa shape index (κ3) is 5.20. The first-order valence-corrected chi connectivity index (χ1v) is 3.37. The first-order valence-electron chi connectivity index (χ1n) is 1.05. The summed E-state index contributed by atoms with van der Waals surface area (Å²) < 4.78 is 3.02. The molecule has 0 saturated carbocycles. The van der Waals surface area contributed by atoms with Crippen LogP contribution >= 0.6 is 45.2 Å². The Morgan fingerprint density at radius 3 is 2.00 bits per heavy atom. The highest BCUT2D eigenvalue weighted by molar-refractivity contribution is 14.1. The Morgan fingerprint density at radius 1 is 1.80 bits per heavy atom. The quantitative estimate of drug-likeness (QED) is 0.602. The average Bonchev–Trinajstić information content (AvgIpc) is 1.38. The van der Waals surface area contributed by atoms with E-state index in [9.17, 15) is 0 Å². The van der Waals surface area contributed by atoms with Gasteiger partial charge in [-0.05, 0) is 37.2 Å². The lowest BCUT2D eigenvalue weighted by molar-refractivity contribution is 2.14. The number of halogens is 2. The highest BCUT2D eigenvalue weighted by Crippen LogP contribution is 2.04. The first kappa shape index (κ1) is 6.20. The van der Waals surface area contributed by atoms with Gasteiger partial charge in [0.25, 0.3) is 0 Å². The summed E-state index contributed by atoms with van der Waals surface area (Å²) in [5.74, 6) is 0. The van der Waals surface area contributed by atoms with Gasteiger partial charge in [0.05, 0.1) is 0 Å². The van der Waals surface area contributed by atoms with Gasteiger partial charge < -0.3 is 0 Å². The zero-order valence-electron chi connectivity index (χ0n) is 2.54. The van der Waals surface area contributed by atoms with Crippen molar-refractivity contribution in [2.75, 3.05) is 0 Å². The second-order valence-electron chi connectivity index (χ2n) is 0.556. The van der Waals surface area contributed by atoms with Gasteiger partial charge in [0.2, 0.25) is 0 Å². The van der Waals surface area contributed by atoms with E-state index in [0.29, 0.717) is 0 Å². The maximum absolute atomic E-state index is 3.60. The van der Waals surface area contributed by atoms with Gasteiger partial charge in [-0.1, -0.05) is 22.6 Å². The largest absolute Gasteiger partial charge is 0.0522 e. The molecule has 0 aromatic carbocycles. The molecule has 0 fully saturated rings. The van der Waals surface area contributed by atoms with Gasteiger partial charge in [-0.3, -0.25) is 0 Å². The molecule has 0 saturated heterocycles. The number of hydrogen-bond acceptors (Lipinski definition) is 0. The highest BCUT2D eigenvalue weighted by Gasteiger charge is 1.65. The first-order chi connectivity index (χ1) is 2.27. The molecule has 1 radical (unpaired) electrons. The van der Waals surface area contributed by atoms with Crippen molar-refractivity contribution in [3.05, 3.63) is 14.6 Å². The van der Waals surface area contributed by atoms with Crippen LogP contribution in [0.15, 0.2) is 7.66 Å². The van der Waals surface area contributed by atoms with E-state index in [0.717, 1.165) is 3.58 Å². The second kappa shape index (κ2) is 3.39. The minimum Gasteiger partial charge on any atom is -0.0522 e. The van der Waals surface area contributed by atoms with Crippen LogP contribution in [0.25, 0.3) is 0 Å². The third-order valence-electron chi connectivity index (χ3n) is 0.118. The molecule has 2 heteroatoms. The molecule has 0 atom stereocenters. The van der Waals surface area contributed by atoms with E-state index in [-0.39, 0.29) is 0 Å². The number of rotatable bonds is 0. The zero-order valence-corrected chi connectivity index (χ0v) is 6.86. The maximum Gasteiger partial charge on any atom is -0.00300 e. The normalized spacial score (nSPS) is 12.2. The predicted octanol–water partition coefficient (Wildman–Crippen LogP) is 2.53. The Kier molecular flexibility index (Phi) is 4.21. The summed E-state index contributed by atoms with van der Waals surface area (Å²) in [6, 6.07) is 0. The van der Waals surface area contributed by atoms with Crippen LogP contribution in [-0.4, -0.2) is 0 Å². The average molecular weight is 293 g/mol. The van der Waals surface area contributed by atoms with Crippen LogP contribution in [0.4, 0.5) is 0 Å². The van der Waals surface area contributed by atoms with Crippen molar-refractivity contribution in [1.29, 1.82) is 0 Å². The van der Waals surface area contributed by atoms with Crippen LogP contribution in [0.5, 0.6) is 0 Å². The van der Waals surface area contributed by atoms with Crippen molar-refractivity contribution in [3.8, 4) is 0 Å². The van der Waals surface area contributed by atoms with Crippen molar-refractivity contribution < 1.29 is 0 Å². The summed E-state index contributed by atoms with van der Waals surface area (Å²) in [6.07, 6.45) is 0. The smallest absolute Gasteiger partial charge is 0.00300 e. The predicted molar refractivity (Wildman–Crippen MR) is 41.5 cm³/mol. The summed E-state index contributed by atoms with van der Waals surface area (Å²) in [6.45, 7) is 3.60. The van der Waals surface area contributed by atoms with Crippen molar-refractivity contribution >= 4 is 45.2 Å². The van der Waals surface area contributed by atoms with Crippen molar-refractivity contribution in [1.82, 2.24) is 0 Å². The second-order valence-corrected chi connectivity index (χ2v) is 2.56. The summed E-state index contributed by atoms with van der Waals surface area (Å²) in [7, 11) is 0. The molecule has 5 heavy (non-hydrogen) atoms. The van der Waals surface area contributed by atoms with E-state index in [1.165, 1.54) is 0 Å². The Bertz CT molecular complexity index is 42.9. The van der Waals surface area contributed by atoms with Crippen LogP contribution in [0, 0.1) is 6.92 Å². The Hall–Kier alpha value is 1.20. The van der Waals surface area contributed by atoms with Gasteiger partial charge in [0, 0.05) is 0 Å². The van der Waals surface area contributed by atoms with Gasteiger partial charge >= 0.3 is 0 Å². The minimum absolute atomic E-state index is 1.09. The maximum atomic E-state index is 3.60. The standard InChI is InChI=1S/C3H3I2/c1-3(5)2-4/h2H,1H2/b3-2-. The monoisotopic (exact) mass is 293 g/mol. The lowest BCUT2D eigenvalue weighted by Gasteiger charge is -1.68. The van der Waals surface area contributed by atoms with Crippen LogP contribution in [0.1, 0.15) is 0 Å². The molecular weight excluding hydrogens is 290 g/mol. The molecule has 0 unspecified atom stereocenters. The molecule has 0 heterocycles. The molecule has 0 nitrogen and oxygen atoms in total. The minimum atomic E-state index is 1.09. The molecule has 29 valence electrons. The topological polar surface area (TPSA) is 0 Å². The molecule has 0 aliphatic heterocycles. The van der Waals surface area contributed by atoms with Crippen LogP contribution in [0.2, 0.25) is 0 Å². The van der Waals surface area contributed by atoms with Gasteiger partial charge in [-0.25, -0.2) is 0 Å². The summed E-state index contributed by atoms with van der Waals surface area (Å²) in [5.41, 5.74) is 0. The Balaban J connectivity index is 3.14. The van der Waals surface area contributed by atoms with E-state index in [4.69, 9.17) is 0 Å². The van der Waals surface area contributed by atoms with E-state index < -0.39 is 0 Å². The molecule has 0 aromatic heterocycles. The van der Waals surface area contributed by atoms with Gasteiger partial charge in [-0.2, -0.15) is 0 Å². The molecule has 0 aromatic rings. The molecular formula is C3H3I2. The molecule has 0 bridgehead atoms. The van der Waals surface area contributed by atoms with Crippen molar-refractivity contribution in [2.45, 2.75) is 0 Å².